The van der Waals surface area contributed by atoms with Crippen molar-refractivity contribution in [3.05, 3.63) is 77.4 Å². The number of aromatic nitrogens is 2. The lowest BCUT2D eigenvalue weighted by Crippen LogP contribution is -2.27. The van der Waals surface area contributed by atoms with Gasteiger partial charge in [-0.1, -0.05) is 47.6 Å². The van der Waals surface area contributed by atoms with Crippen LogP contribution in [0.4, 0.5) is 0 Å². The van der Waals surface area contributed by atoms with E-state index in [2.05, 4.69) is 40.4 Å². The quantitative estimate of drug-likeness (QED) is 0.663. The minimum absolute atomic E-state index is 0.348. The van der Waals surface area contributed by atoms with Crippen LogP contribution in [0.3, 0.4) is 0 Å². The second kappa shape index (κ2) is 7.40. The highest BCUT2D eigenvalue weighted by Gasteiger charge is 2.46. The molecule has 5 nitrogen and oxygen atoms in total. The van der Waals surface area contributed by atoms with Gasteiger partial charge in [0.1, 0.15) is 5.75 Å². The summed E-state index contributed by atoms with van der Waals surface area (Å²) < 4.78 is 10.8. The van der Waals surface area contributed by atoms with Crippen LogP contribution in [0.2, 0.25) is 0 Å². The Bertz CT molecular complexity index is 923. The lowest BCUT2D eigenvalue weighted by atomic mass is 9.94. The Labute approximate surface area is 165 Å². The second-order valence-corrected chi connectivity index (χ2v) is 7.79. The summed E-state index contributed by atoms with van der Waals surface area (Å²) in [5.41, 5.74) is 2.55. The molecule has 144 valence electrons. The third-order valence-corrected chi connectivity index (χ3v) is 6.20. The predicted octanol–water partition coefficient (Wildman–Crippen LogP) is 4.36. The Kier molecular flexibility index (Phi) is 4.61. The first kappa shape index (κ1) is 17.4. The molecule has 0 radical (unpaired) electrons. The van der Waals surface area contributed by atoms with Crippen LogP contribution in [0.5, 0.6) is 5.75 Å². The van der Waals surface area contributed by atoms with Gasteiger partial charge in [-0.05, 0) is 49.1 Å². The van der Waals surface area contributed by atoms with Crippen molar-refractivity contribution in [1.82, 2.24) is 15.0 Å². The average molecular weight is 375 g/mol. The molecule has 3 heterocycles. The van der Waals surface area contributed by atoms with Gasteiger partial charge in [-0.3, -0.25) is 4.90 Å². The molecule has 28 heavy (non-hydrogen) atoms. The van der Waals surface area contributed by atoms with E-state index in [0.29, 0.717) is 30.3 Å². The molecule has 0 N–H and O–H groups in total. The number of rotatable bonds is 5. The van der Waals surface area contributed by atoms with Gasteiger partial charge in [0.15, 0.2) is 5.82 Å². The maximum Gasteiger partial charge on any atom is 0.231 e. The van der Waals surface area contributed by atoms with Gasteiger partial charge in [-0.15, -0.1) is 0 Å². The maximum atomic E-state index is 5.62. The average Bonchev–Trinajstić information content (AvgIpc) is 3.46. The summed E-state index contributed by atoms with van der Waals surface area (Å²) in [4.78, 5) is 7.44. The van der Waals surface area contributed by atoms with Crippen molar-refractivity contribution in [2.45, 2.75) is 43.7 Å². The van der Waals surface area contributed by atoms with Crippen LogP contribution in [0.15, 0.2) is 59.1 Å². The standard InChI is InChI=1S/C23H25N3O2/c1-27-18-11-9-16(10-12-18)14-22-24-23(25-28-22)19-15-21(17-6-3-2-4-7-17)26-13-5-8-20(19)26/h2-4,6-7,9-12,19-21H,5,8,13-15H2,1H3/t19-,20+,21-/m0/s1. The molecule has 0 bridgehead atoms. The van der Waals surface area contributed by atoms with Crippen molar-refractivity contribution in [3.8, 4) is 5.75 Å². The molecule has 2 aromatic carbocycles. The summed E-state index contributed by atoms with van der Waals surface area (Å²) in [5, 5.41) is 4.38. The zero-order chi connectivity index (χ0) is 18.9. The number of hydrogen-bond acceptors (Lipinski definition) is 5. The highest BCUT2D eigenvalue weighted by atomic mass is 16.5. The van der Waals surface area contributed by atoms with Crippen LogP contribution >= 0.6 is 0 Å². The lowest BCUT2D eigenvalue weighted by molar-refractivity contribution is 0.243. The number of benzene rings is 2. The number of hydrogen-bond donors (Lipinski definition) is 0. The molecule has 5 rings (SSSR count). The van der Waals surface area contributed by atoms with Gasteiger partial charge in [0.2, 0.25) is 5.89 Å². The van der Waals surface area contributed by atoms with Crippen molar-refractivity contribution in [2.75, 3.05) is 13.7 Å². The molecule has 2 saturated heterocycles. The van der Waals surface area contributed by atoms with E-state index >= 15 is 0 Å². The summed E-state index contributed by atoms with van der Waals surface area (Å²) in [6.45, 7) is 1.16. The van der Waals surface area contributed by atoms with E-state index in [9.17, 15) is 0 Å². The van der Waals surface area contributed by atoms with E-state index in [0.717, 1.165) is 30.1 Å². The molecule has 2 aliphatic rings. The van der Waals surface area contributed by atoms with Crippen molar-refractivity contribution in [1.29, 1.82) is 0 Å². The molecular formula is C23H25N3O2. The fourth-order valence-electron chi connectivity index (χ4n) is 4.86. The van der Waals surface area contributed by atoms with Crippen molar-refractivity contribution in [2.24, 2.45) is 0 Å². The molecule has 1 aromatic heterocycles. The molecule has 3 aromatic rings. The van der Waals surface area contributed by atoms with Crippen LogP contribution in [0.1, 0.15) is 54.1 Å². The molecule has 0 amide bonds. The number of nitrogens with zero attached hydrogens (tertiary/aromatic N) is 3. The monoisotopic (exact) mass is 375 g/mol. The van der Waals surface area contributed by atoms with E-state index in [1.165, 1.54) is 18.4 Å². The van der Waals surface area contributed by atoms with Gasteiger partial charge in [0.25, 0.3) is 0 Å². The Morgan fingerprint density at radius 1 is 1.11 bits per heavy atom. The Morgan fingerprint density at radius 2 is 1.93 bits per heavy atom. The Balaban J connectivity index is 1.35. The molecule has 2 fully saturated rings. The molecule has 0 aliphatic carbocycles. The molecular weight excluding hydrogens is 350 g/mol. The van der Waals surface area contributed by atoms with Crippen molar-refractivity contribution < 1.29 is 9.26 Å². The van der Waals surface area contributed by atoms with Gasteiger partial charge in [0, 0.05) is 18.0 Å². The summed E-state index contributed by atoms with van der Waals surface area (Å²) >= 11 is 0. The van der Waals surface area contributed by atoms with Crippen LogP contribution in [0.25, 0.3) is 0 Å². The zero-order valence-electron chi connectivity index (χ0n) is 16.1. The molecule has 3 atom stereocenters. The highest BCUT2D eigenvalue weighted by Crippen LogP contribution is 2.48. The molecule has 0 unspecified atom stereocenters. The number of ether oxygens (including phenoxy) is 1. The van der Waals surface area contributed by atoms with E-state index < -0.39 is 0 Å². The fourth-order valence-corrected chi connectivity index (χ4v) is 4.86. The number of fused-ring (bicyclic) bond motifs is 1. The van der Waals surface area contributed by atoms with Crippen molar-refractivity contribution in [3.63, 3.8) is 0 Å². The highest BCUT2D eigenvalue weighted by molar-refractivity contribution is 5.29. The summed E-state index contributed by atoms with van der Waals surface area (Å²) in [6, 6.07) is 19.8. The lowest BCUT2D eigenvalue weighted by Gasteiger charge is -2.24. The molecule has 0 spiro atoms. The first-order valence-electron chi connectivity index (χ1n) is 10.1. The van der Waals surface area contributed by atoms with Crippen LogP contribution in [0, 0.1) is 0 Å². The largest absolute Gasteiger partial charge is 0.497 e. The normalized spacial score (nSPS) is 24.4. The van der Waals surface area contributed by atoms with Crippen LogP contribution < -0.4 is 4.74 Å². The molecule has 0 saturated carbocycles. The zero-order valence-corrected chi connectivity index (χ0v) is 16.1. The predicted molar refractivity (Wildman–Crippen MR) is 106 cm³/mol. The third kappa shape index (κ3) is 3.20. The molecule has 2 aliphatic heterocycles. The van der Waals surface area contributed by atoms with Crippen LogP contribution in [-0.2, 0) is 6.42 Å². The fraction of sp³-hybridized carbons (Fsp3) is 0.391. The Hall–Kier alpha value is -2.66. The minimum Gasteiger partial charge on any atom is -0.497 e. The minimum atomic E-state index is 0.348. The smallest absolute Gasteiger partial charge is 0.231 e. The van der Waals surface area contributed by atoms with Crippen LogP contribution in [-0.4, -0.2) is 34.7 Å². The van der Waals surface area contributed by atoms with Gasteiger partial charge in [0.05, 0.1) is 13.5 Å². The third-order valence-electron chi connectivity index (χ3n) is 6.20. The first-order valence-corrected chi connectivity index (χ1v) is 10.1. The number of methoxy groups -OCH3 is 1. The van der Waals surface area contributed by atoms with E-state index in [4.69, 9.17) is 14.2 Å². The SMILES string of the molecule is COc1ccc(Cc2nc([C@H]3C[C@@H](c4ccccc4)N4CCC[C@H]34)no2)cc1. The molecule has 5 heteroatoms. The van der Waals surface area contributed by atoms with Gasteiger partial charge in [-0.2, -0.15) is 4.98 Å². The topological polar surface area (TPSA) is 51.4 Å². The van der Waals surface area contributed by atoms with Gasteiger partial charge >= 0.3 is 0 Å². The van der Waals surface area contributed by atoms with E-state index in [1.807, 2.05) is 24.3 Å². The maximum absolute atomic E-state index is 5.62. The van der Waals surface area contributed by atoms with Gasteiger partial charge < -0.3 is 9.26 Å². The van der Waals surface area contributed by atoms with E-state index in [1.54, 1.807) is 7.11 Å². The van der Waals surface area contributed by atoms with Gasteiger partial charge in [-0.25, -0.2) is 0 Å². The summed E-state index contributed by atoms with van der Waals surface area (Å²) in [7, 11) is 1.68. The second-order valence-electron chi connectivity index (χ2n) is 7.79. The summed E-state index contributed by atoms with van der Waals surface area (Å²) in [5.74, 6) is 2.77. The summed E-state index contributed by atoms with van der Waals surface area (Å²) in [6.07, 6.45) is 4.19. The Morgan fingerprint density at radius 3 is 2.71 bits per heavy atom. The van der Waals surface area contributed by atoms with E-state index in [-0.39, 0.29) is 0 Å². The first-order chi connectivity index (χ1) is 13.8. The van der Waals surface area contributed by atoms with Crippen molar-refractivity contribution >= 4 is 0 Å².